The van der Waals surface area contributed by atoms with Gasteiger partial charge in [-0.05, 0) is 12.3 Å². The van der Waals surface area contributed by atoms with Crippen molar-refractivity contribution in [2.75, 3.05) is 5.73 Å². The summed E-state index contributed by atoms with van der Waals surface area (Å²) in [6.07, 6.45) is 1.64. The lowest BCUT2D eigenvalue weighted by Gasteiger charge is -1.98. The third kappa shape index (κ3) is 0.938. The summed E-state index contributed by atoms with van der Waals surface area (Å²) in [5.74, 6) is 0.152. The molecule has 2 aromatic heterocycles. The summed E-state index contributed by atoms with van der Waals surface area (Å²) >= 11 is 5.78. The Bertz CT molecular complexity index is 438. The SMILES string of the molecule is [B]n1ccc2nc(N)nc(Cl)c21. The molecule has 2 radical (unpaired) electrons. The fourth-order valence-corrected chi connectivity index (χ4v) is 1.32. The molecule has 12 heavy (non-hydrogen) atoms. The highest BCUT2D eigenvalue weighted by atomic mass is 35.5. The standard InChI is InChI=1S/C6H4BClN4/c7-12-2-1-3-4(12)5(8)11-6(9)10-3/h1-2H,(H2,9,10,11). The normalized spacial score (nSPS) is 10.8. The van der Waals surface area contributed by atoms with Gasteiger partial charge in [0.1, 0.15) is 0 Å². The van der Waals surface area contributed by atoms with Crippen LogP contribution in [0.15, 0.2) is 12.3 Å². The first kappa shape index (κ1) is 7.43. The number of anilines is 1. The van der Waals surface area contributed by atoms with Crippen LogP contribution in [0.1, 0.15) is 0 Å². The molecule has 0 saturated carbocycles. The van der Waals surface area contributed by atoms with Crippen LogP contribution in [0.5, 0.6) is 0 Å². The van der Waals surface area contributed by atoms with Crippen LogP contribution in [0.3, 0.4) is 0 Å². The van der Waals surface area contributed by atoms with Crippen LogP contribution >= 0.6 is 11.6 Å². The van der Waals surface area contributed by atoms with Gasteiger partial charge in [0.2, 0.25) is 13.9 Å². The van der Waals surface area contributed by atoms with Crippen molar-refractivity contribution in [3.05, 3.63) is 17.4 Å². The molecular formula is C6H4BClN4. The summed E-state index contributed by atoms with van der Waals surface area (Å²) in [6.45, 7) is 0. The van der Waals surface area contributed by atoms with Crippen LogP contribution in [-0.4, -0.2) is 22.4 Å². The van der Waals surface area contributed by atoms with Crippen molar-refractivity contribution in [1.29, 1.82) is 0 Å². The Labute approximate surface area is 74.8 Å². The predicted molar refractivity (Wildman–Crippen MR) is 48.1 cm³/mol. The number of hydrogen-bond acceptors (Lipinski definition) is 3. The second-order valence-electron chi connectivity index (χ2n) is 2.33. The molecule has 2 rings (SSSR count). The van der Waals surface area contributed by atoms with Gasteiger partial charge in [-0.25, -0.2) is 4.98 Å². The number of halogens is 1. The molecule has 6 heteroatoms. The first-order valence-corrected chi connectivity index (χ1v) is 3.61. The summed E-state index contributed by atoms with van der Waals surface area (Å²) in [5, 5.41) is 0.269. The highest BCUT2D eigenvalue weighted by Gasteiger charge is 2.05. The Morgan fingerprint density at radius 3 is 3.00 bits per heavy atom. The van der Waals surface area contributed by atoms with Crippen molar-refractivity contribution in [1.82, 2.24) is 14.4 Å². The molecule has 0 saturated heterocycles. The number of nitrogen functional groups attached to an aromatic ring is 1. The monoisotopic (exact) mass is 178 g/mol. The van der Waals surface area contributed by atoms with Crippen LogP contribution in [-0.2, 0) is 0 Å². The minimum absolute atomic E-state index is 0.152. The van der Waals surface area contributed by atoms with Gasteiger partial charge in [-0.1, -0.05) is 11.6 Å². The largest absolute Gasteiger partial charge is 0.399 e. The zero-order chi connectivity index (χ0) is 8.72. The van der Waals surface area contributed by atoms with E-state index < -0.39 is 0 Å². The number of aromatic nitrogens is 3. The summed E-state index contributed by atoms with van der Waals surface area (Å²) in [5.41, 5.74) is 6.61. The Balaban J connectivity index is 2.93. The number of fused-ring (bicyclic) bond motifs is 1. The topological polar surface area (TPSA) is 56.7 Å². The maximum absolute atomic E-state index is 5.78. The highest BCUT2D eigenvalue weighted by Crippen LogP contribution is 2.20. The van der Waals surface area contributed by atoms with Crippen LogP contribution < -0.4 is 5.73 Å². The van der Waals surface area contributed by atoms with Crippen LogP contribution in [0.4, 0.5) is 5.95 Å². The first-order valence-electron chi connectivity index (χ1n) is 3.23. The summed E-state index contributed by atoms with van der Waals surface area (Å²) in [7, 11) is 5.54. The molecule has 2 aromatic rings. The van der Waals surface area contributed by atoms with Crippen LogP contribution in [0.2, 0.25) is 5.15 Å². The predicted octanol–water partition coefficient (Wildman–Crippen LogP) is 0.598. The molecule has 0 spiro atoms. The fourth-order valence-electron chi connectivity index (χ4n) is 1.04. The molecule has 2 heterocycles. The zero-order valence-corrected chi connectivity index (χ0v) is 6.78. The minimum atomic E-state index is 0.152. The Kier molecular flexibility index (Phi) is 1.47. The Morgan fingerprint density at radius 2 is 2.25 bits per heavy atom. The van der Waals surface area contributed by atoms with E-state index >= 15 is 0 Å². The van der Waals surface area contributed by atoms with Crippen molar-refractivity contribution in [2.24, 2.45) is 0 Å². The molecular weight excluding hydrogens is 174 g/mol. The lowest BCUT2D eigenvalue weighted by Crippen LogP contribution is -1.97. The third-order valence-corrected chi connectivity index (χ3v) is 1.80. The van der Waals surface area contributed by atoms with Crippen molar-refractivity contribution in [2.45, 2.75) is 0 Å². The van der Waals surface area contributed by atoms with E-state index in [-0.39, 0.29) is 11.1 Å². The van der Waals surface area contributed by atoms with Crippen LogP contribution in [0, 0.1) is 0 Å². The number of hydrogen-bond donors (Lipinski definition) is 1. The van der Waals surface area contributed by atoms with Gasteiger partial charge >= 0.3 is 0 Å². The Hall–Kier alpha value is -1.23. The number of nitrogens with two attached hydrogens (primary N) is 1. The van der Waals surface area contributed by atoms with Gasteiger partial charge in [0, 0.05) is 0 Å². The van der Waals surface area contributed by atoms with Gasteiger partial charge in [0.05, 0.1) is 11.0 Å². The van der Waals surface area contributed by atoms with Gasteiger partial charge in [0.25, 0.3) is 0 Å². The van der Waals surface area contributed by atoms with Gasteiger partial charge in [-0.3, -0.25) is 0 Å². The average molecular weight is 178 g/mol. The molecule has 2 N–H and O–H groups in total. The summed E-state index contributed by atoms with van der Waals surface area (Å²) < 4.78 is 1.36. The molecule has 0 atom stereocenters. The second kappa shape index (κ2) is 2.38. The maximum atomic E-state index is 5.78. The van der Waals surface area contributed by atoms with Gasteiger partial charge in [-0.2, -0.15) is 4.98 Å². The van der Waals surface area contributed by atoms with E-state index in [0.717, 1.165) is 0 Å². The van der Waals surface area contributed by atoms with E-state index in [9.17, 15) is 0 Å². The number of nitrogens with zero attached hydrogens (tertiary/aromatic N) is 3. The number of rotatable bonds is 0. The lowest BCUT2D eigenvalue weighted by atomic mass is 10.4. The van der Waals surface area contributed by atoms with Crippen molar-refractivity contribution < 1.29 is 0 Å². The first-order chi connectivity index (χ1) is 5.68. The van der Waals surface area contributed by atoms with Gasteiger partial charge in [0.15, 0.2) is 5.15 Å². The zero-order valence-electron chi connectivity index (χ0n) is 6.03. The quantitative estimate of drug-likeness (QED) is 0.475. The molecule has 0 fully saturated rings. The van der Waals surface area contributed by atoms with E-state index in [4.69, 9.17) is 25.3 Å². The Morgan fingerprint density at radius 1 is 1.50 bits per heavy atom. The molecule has 0 aromatic carbocycles. The van der Waals surface area contributed by atoms with Crippen molar-refractivity contribution in [3.63, 3.8) is 0 Å². The van der Waals surface area contributed by atoms with E-state index in [1.54, 1.807) is 12.3 Å². The van der Waals surface area contributed by atoms with Crippen LogP contribution in [0.25, 0.3) is 11.0 Å². The van der Waals surface area contributed by atoms with E-state index in [2.05, 4.69) is 9.97 Å². The molecule has 0 unspecified atom stereocenters. The molecule has 0 amide bonds. The van der Waals surface area contributed by atoms with Gasteiger partial charge in [-0.15, -0.1) is 0 Å². The second-order valence-corrected chi connectivity index (χ2v) is 2.69. The minimum Gasteiger partial charge on any atom is -0.399 e. The smallest absolute Gasteiger partial charge is 0.234 e. The molecule has 0 bridgehead atoms. The third-order valence-electron chi connectivity index (χ3n) is 1.54. The van der Waals surface area contributed by atoms with Gasteiger partial charge < -0.3 is 10.2 Å². The molecule has 0 aliphatic carbocycles. The van der Waals surface area contributed by atoms with E-state index in [1.165, 1.54) is 4.48 Å². The highest BCUT2D eigenvalue weighted by molar-refractivity contribution is 6.34. The van der Waals surface area contributed by atoms with E-state index in [0.29, 0.717) is 11.0 Å². The molecule has 58 valence electrons. The fraction of sp³-hybridized carbons (Fsp3) is 0. The molecule has 0 aliphatic heterocycles. The average Bonchev–Trinajstić information content (AvgIpc) is 2.31. The molecule has 4 nitrogen and oxygen atoms in total. The summed E-state index contributed by atoms with van der Waals surface area (Å²) in [4.78, 5) is 7.70. The van der Waals surface area contributed by atoms with Crippen molar-refractivity contribution in [3.8, 4) is 0 Å². The van der Waals surface area contributed by atoms with Crippen molar-refractivity contribution >= 4 is 36.6 Å². The molecule has 0 aliphatic rings. The maximum Gasteiger partial charge on any atom is 0.234 e. The lowest BCUT2D eigenvalue weighted by molar-refractivity contribution is 1.22. The summed E-state index contributed by atoms with van der Waals surface area (Å²) in [6, 6.07) is 1.72. The van der Waals surface area contributed by atoms with E-state index in [1.807, 2.05) is 0 Å².